The first-order valence-electron chi connectivity index (χ1n) is 6.66. The zero-order chi connectivity index (χ0) is 15.2. The number of methoxy groups -OCH3 is 1. The fourth-order valence-corrected chi connectivity index (χ4v) is 1.82. The second-order valence-corrected chi connectivity index (χ2v) is 4.74. The summed E-state index contributed by atoms with van der Waals surface area (Å²) in [5, 5.41) is 4.13. The van der Waals surface area contributed by atoms with Gasteiger partial charge in [-0.3, -0.25) is 4.79 Å². The van der Waals surface area contributed by atoms with Crippen molar-refractivity contribution in [2.24, 2.45) is 5.10 Å². The van der Waals surface area contributed by atoms with E-state index in [0.717, 1.165) is 22.6 Å². The summed E-state index contributed by atoms with van der Waals surface area (Å²) < 4.78 is 5.17. The third-order valence-electron chi connectivity index (χ3n) is 3.13. The zero-order valence-corrected chi connectivity index (χ0v) is 12.4. The first kappa shape index (κ1) is 14.8. The molecule has 1 amide bonds. The van der Waals surface area contributed by atoms with Crippen LogP contribution >= 0.6 is 0 Å². The second-order valence-electron chi connectivity index (χ2n) is 4.74. The monoisotopic (exact) mass is 282 g/mol. The molecule has 0 aliphatic heterocycles. The lowest BCUT2D eigenvalue weighted by atomic mass is 10.1. The third kappa shape index (κ3) is 3.92. The Morgan fingerprint density at radius 3 is 2.48 bits per heavy atom. The van der Waals surface area contributed by atoms with E-state index in [1.54, 1.807) is 19.2 Å². The Morgan fingerprint density at radius 2 is 1.81 bits per heavy atom. The van der Waals surface area contributed by atoms with E-state index in [2.05, 4.69) is 10.5 Å². The molecule has 0 heterocycles. The van der Waals surface area contributed by atoms with E-state index in [1.807, 2.05) is 50.2 Å². The van der Waals surface area contributed by atoms with Crippen LogP contribution in [0.1, 0.15) is 28.4 Å². The average Bonchev–Trinajstić information content (AvgIpc) is 2.53. The van der Waals surface area contributed by atoms with Crippen molar-refractivity contribution >= 4 is 11.6 Å². The Hall–Kier alpha value is -2.62. The Morgan fingerprint density at radius 1 is 1.10 bits per heavy atom. The van der Waals surface area contributed by atoms with Gasteiger partial charge < -0.3 is 4.74 Å². The molecule has 0 aliphatic rings. The van der Waals surface area contributed by atoms with Gasteiger partial charge in [-0.2, -0.15) is 5.10 Å². The SMILES string of the molecule is COc1cccc(/C(C)=N\NC(=O)c2ccc(C)cc2)c1. The van der Waals surface area contributed by atoms with E-state index >= 15 is 0 Å². The van der Waals surface area contributed by atoms with Crippen molar-refractivity contribution in [3.8, 4) is 5.75 Å². The van der Waals surface area contributed by atoms with Crippen molar-refractivity contribution in [2.45, 2.75) is 13.8 Å². The number of carbonyl (C=O) groups is 1. The molecule has 0 spiro atoms. The molecular weight excluding hydrogens is 264 g/mol. The van der Waals surface area contributed by atoms with Crippen LogP contribution in [-0.4, -0.2) is 18.7 Å². The zero-order valence-electron chi connectivity index (χ0n) is 12.4. The number of benzene rings is 2. The lowest BCUT2D eigenvalue weighted by molar-refractivity contribution is 0.0955. The summed E-state index contributed by atoms with van der Waals surface area (Å²) >= 11 is 0. The van der Waals surface area contributed by atoms with Crippen molar-refractivity contribution in [3.63, 3.8) is 0 Å². The number of rotatable bonds is 4. The smallest absolute Gasteiger partial charge is 0.271 e. The highest BCUT2D eigenvalue weighted by Gasteiger charge is 2.05. The minimum atomic E-state index is -0.225. The summed E-state index contributed by atoms with van der Waals surface area (Å²) in [6.45, 7) is 3.82. The molecule has 0 aliphatic carbocycles. The van der Waals surface area contributed by atoms with Gasteiger partial charge in [0.15, 0.2) is 0 Å². The summed E-state index contributed by atoms with van der Waals surface area (Å²) in [7, 11) is 1.62. The first-order chi connectivity index (χ1) is 10.1. The Bertz CT molecular complexity index is 661. The van der Waals surface area contributed by atoms with Crippen molar-refractivity contribution in [2.75, 3.05) is 7.11 Å². The highest BCUT2D eigenvalue weighted by atomic mass is 16.5. The van der Waals surface area contributed by atoms with Gasteiger partial charge in [-0.05, 0) is 38.1 Å². The van der Waals surface area contributed by atoms with Crippen LogP contribution in [0.2, 0.25) is 0 Å². The van der Waals surface area contributed by atoms with Crippen molar-refractivity contribution < 1.29 is 9.53 Å². The molecule has 21 heavy (non-hydrogen) atoms. The lowest BCUT2D eigenvalue weighted by Gasteiger charge is -2.05. The highest BCUT2D eigenvalue weighted by Crippen LogP contribution is 2.13. The number of nitrogens with one attached hydrogen (secondary N) is 1. The third-order valence-corrected chi connectivity index (χ3v) is 3.13. The van der Waals surface area contributed by atoms with Crippen LogP contribution in [0.5, 0.6) is 5.75 Å². The quantitative estimate of drug-likeness (QED) is 0.691. The predicted molar refractivity (Wildman–Crippen MR) is 83.9 cm³/mol. The molecule has 4 nitrogen and oxygen atoms in total. The van der Waals surface area contributed by atoms with Crippen LogP contribution in [0.25, 0.3) is 0 Å². The Kier molecular flexibility index (Phi) is 4.72. The molecule has 2 aromatic rings. The molecule has 0 saturated carbocycles. The molecule has 0 aromatic heterocycles. The van der Waals surface area contributed by atoms with E-state index in [-0.39, 0.29) is 5.91 Å². The topological polar surface area (TPSA) is 50.7 Å². The van der Waals surface area contributed by atoms with Crippen molar-refractivity contribution in [1.29, 1.82) is 0 Å². The van der Waals surface area contributed by atoms with Crippen LogP contribution in [0, 0.1) is 6.92 Å². The number of nitrogens with zero attached hydrogens (tertiary/aromatic N) is 1. The Balaban J connectivity index is 2.09. The predicted octanol–water partition coefficient (Wildman–Crippen LogP) is 3.16. The molecule has 0 fully saturated rings. The van der Waals surface area contributed by atoms with Gasteiger partial charge in [-0.1, -0.05) is 29.8 Å². The maximum absolute atomic E-state index is 12.0. The lowest BCUT2D eigenvalue weighted by Crippen LogP contribution is -2.19. The van der Waals surface area contributed by atoms with Crippen LogP contribution in [0.3, 0.4) is 0 Å². The first-order valence-corrected chi connectivity index (χ1v) is 6.66. The molecule has 0 unspecified atom stereocenters. The average molecular weight is 282 g/mol. The van der Waals surface area contributed by atoms with E-state index in [0.29, 0.717) is 5.56 Å². The molecule has 1 N–H and O–H groups in total. The number of carbonyl (C=O) groups excluding carboxylic acids is 1. The molecular formula is C17H18N2O2. The summed E-state index contributed by atoms with van der Waals surface area (Å²) in [5.74, 6) is 0.532. The van der Waals surface area contributed by atoms with E-state index < -0.39 is 0 Å². The Labute approximate surface area is 124 Å². The van der Waals surface area contributed by atoms with Gasteiger partial charge in [0.1, 0.15) is 5.75 Å². The second kappa shape index (κ2) is 6.70. The van der Waals surface area contributed by atoms with Crippen LogP contribution in [-0.2, 0) is 0 Å². The van der Waals surface area contributed by atoms with Gasteiger partial charge in [0.05, 0.1) is 12.8 Å². The van der Waals surface area contributed by atoms with Gasteiger partial charge in [-0.15, -0.1) is 0 Å². The fraction of sp³-hybridized carbons (Fsp3) is 0.176. The number of amides is 1. The van der Waals surface area contributed by atoms with Gasteiger partial charge in [0.2, 0.25) is 0 Å². The summed E-state index contributed by atoms with van der Waals surface area (Å²) in [6, 6.07) is 14.9. The molecule has 0 bridgehead atoms. The van der Waals surface area contributed by atoms with Gasteiger partial charge in [0.25, 0.3) is 5.91 Å². The van der Waals surface area contributed by atoms with E-state index in [1.165, 1.54) is 0 Å². The van der Waals surface area contributed by atoms with Gasteiger partial charge in [0, 0.05) is 11.1 Å². The number of hydrogen-bond acceptors (Lipinski definition) is 3. The highest BCUT2D eigenvalue weighted by molar-refractivity contribution is 6.01. The molecule has 0 radical (unpaired) electrons. The minimum absolute atomic E-state index is 0.225. The number of hydrogen-bond donors (Lipinski definition) is 1. The maximum Gasteiger partial charge on any atom is 0.271 e. The maximum atomic E-state index is 12.0. The molecule has 4 heteroatoms. The van der Waals surface area contributed by atoms with Crippen LogP contribution in [0.4, 0.5) is 0 Å². The number of hydrazone groups is 1. The fourth-order valence-electron chi connectivity index (χ4n) is 1.82. The van der Waals surface area contributed by atoms with E-state index in [4.69, 9.17) is 4.74 Å². The summed E-state index contributed by atoms with van der Waals surface area (Å²) in [5.41, 5.74) is 5.88. The standard InChI is InChI=1S/C17H18N2O2/c1-12-7-9-14(10-8-12)17(20)19-18-13(2)15-5-4-6-16(11-15)21-3/h4-11H,1-3H3,(H,19,20)/b18-13-. The normalized spacial score (nSPS) is 11.1. The molecule has 2 rings (SSSR count). The number of ether oxygens (including phenoxy) is 1. The van der Waals surface area contributed by atoms with Crippen molar-refractivity contribution in [3.05, 3.63) is 65.2 Å². The van der Waals surface area contributed by atoms with E-state index in [9.17, 15) is 4.79 Å². The van der Waals surface area contributed by atoms with Crippen molar-refractivity contribution in [1.82, 2.24) is 5.43 Å². The molecule has 0 atom stereocenters. The molecule has 108 valence electrons. The van der Waals surface area contributed by atoms with Crippen LogP contribution in [0.15, 0.2) is 53.6 Å². The molecule has 2 aromatic carbocycles. The molecule has 0 saturated heterocycles. The van der Waals surface area contributed by atoms with Gasteiger partial charge >= 0.3 is 0 Å². The summed E-state index contributed by atoms with van der Waals surface area (Å²) in [6.07, 6.45) is 0. The largest absolute Gasteiger partial charge is 0.497 e. The van der Waals surface area contributed by atoms with Gasteiger partial charge in [-0.25, -0.2) is 5.43 Å². The number of aryl methyl sites for hydroxylation is 1. The summed E-state index contributed by atoms with van der Waals surface area (Å²) in [4.78, 5) is 12.0. The van der Waals surface area contributed by atoms with Crippen LogP contribution < -0.4 is 10.2 Å². The minimum Gasteiger partial charge on any atom is -0.497 e.